The van der Waals surface area contributed by atoms with Crippen LogP contribution in [0.2, 0.25) is 0 Å². The van der Waals surface area contributed by atoms with Gasteiger partial charge < -0.3 is 14.1 Å². The van der Waals surface area contributed by atoms with Crippen LogP contribution in [0.5, 0.6) is 5.75 Å². The van der Waals surface area contributed by atoms with E-state index in [-0.39, 0.29) is 0 Å². The Hall–Kier alpha value is -3.45. The Morgan fingerprint density at radius 2 is 1.97 bits per heavy atom. The summed E-state index contributed by atoms with van der Waals surface area (Å²) in [6, 6.07) is 15.5. The van der Waals surface area contributed by atoms with Crippen LogP contribution in [0.15, 0.2) is 57.9 Å². The summed E-state index contributed by atoms with van der Waals surface area (Å²) >= 11 is 1.23. The summed E-state index contributed by atoms with van der Waals surface area (Å²) in [4.78, 5) is 23.0. The molecule has 0 unspecified atom stereocenters. The number of fused-ring (bicyclic) bond motifs is 1. The highest BCUT2D eigenvalue weighted by atomic mass is 32.1. The van der Waals surface area contributed by atoms with E-state index in [4.69, 9.17) is 9.15 Å². The largest absolute Gasteiger partial charge is 0.497 e. The first-order valence-electron chi connectivity index (χ1n) is 8.93. The Kier molecular flexibility index (Phi) is 5.14. The molecular weight excluding hydrogens is 386 g/mol. The standard InChI is InChI=1S/C22H19N3O3S/c1-25(2)13-23-22-24-20(18(12-26)29-22)21-19(14-7-5-4-6-8-14)16-11-15(27-3)9-10-17(16)28-21/h4-13H,1-3H3/b23-13+. The third-order valence-electron chi connectivity index (χ3n) is 4.32. The van der Waals surface area contributed by atoms with E-state index in [1.165, 1.54) is 11.3 Å². The number of benzene rings is 2. The van der Waals surface area contributed by atoms with E-state index in [2.05, 4.69) is 9.98 Å². The molecule has 7 heteroatoms. The highest BCUT2D eigenvalue weighted by Gasteiger charge is 2.23. The number of carbonyl (C=O) groups is 1. The van der Waals surface area contributed by atoms with E-state index in [0.29, 0.717) is 27.0 Å². The minimum absolute atomic E-state index is 0.471. The second kappa shape index (κ2) is 7.89. The SMILES string of the molecule is COc1ccc2oc(-c3nc(/N=C/N(C)C)sc3C=O)c(-c3ccccc3)c2c1. The van der Waals surface area contributed by atoms with E-state index < -0.39 is 0 Å². The lowest BCUT2D eigenvalue weighted by Crippen LogP contribution is -2.06. The van der Waals surface area contributed by atoms with Crippen molar-refractivity contribution in [3.8, 4) is 28.3 Å². The fourth-order valence-electron chi connectivity index (χ4n) is 3.04. The zero-order chi connectivity index (χ0) is 20.4. The van der Waals surface area contributed by atoms with Crippen LogP contribution in [0.4, 0.5) is 5.13 Å². The second-order valence-corrected chi connectivity index (χ2v) is 7.58. The first-order chi connectivity index (χ1) is 14.1. The summed E-state index contributed by atoms with van der Waals surface area (Å²) in [5.74, 6) is 1.27. The number of ether oxygens (including phenoxy) is 1. The van der Waals surface area contributed by atoms with Crippen LogP contribution in [0.3, 0.4) is 0 Å². The summed E-state index contributed by atoms with van der Waals surface area (Å²) in [6.45, 7) is 0. The maximum Gasteiger partial charge on any atom is 0.211 e. The Labute approximate surface area is 172 Å². The molecule has 0 amide bonds. The molecule has 146 valence electrons. The van der Waals surface area contributed by atoms with Crippen molar-refractivity contribution in [2.24, 2.45) is 4.99 Å². The smallest absolute Gasteiger partial charge is 0.211 e. The number of nitrogens with zero attached hydrogens (tertiary/aromatic N) is 3. The Balaban J connectivity index is 1.98. The number of aliphatic imine (C=N–C) groups is 1. The summed E-state index contributed by atoms with van der Waals surface area (Å²) < 4.78 is 11.6. The van der Waals surface area contributed by atoms with Crippen LogP contribution in [0, 0.1) is 0 Å². The van der Waals surface area contributed by atoms with Gasteiger partial charge in [-0.3, -0.25) is 4.79 Å². The molecule has 0 N–H and O–H groups in total. The van der Waals surface area contributed by atoms with Crippen molar-refractivity contribution < 1.29 is 13.9 Å². The molecule has 0 aliphatic rings. The molecule has 6 nitrogen and oxygen atoms in total. The number of rotatable bonds is 6. The van der Waals surface area contributed by atoms with Crippen molar-refractivity contribution in [1.82, 2.24) is 9.88 Å². The number of hydrogen-bond acceptors (Lipinski definition) is 6. The second-order valence-electron chi connectivity index (χ2n) is 6.57. The summed E-state index contributed by atoms with van der Waals surface area (Å²) in [7, 11) is 5.38. The van der Waals surface area contributed by atoms with Crippen LogP contribution >= 0.6 is 11.3 Å². The van der Waals surface area contributed by atoms with Crippen LogP contribution in [0.1, 0.15) is 9.67 Å². The molecule has 2 aromatic heterocycles. The number of hydrogen-bond donors (Lipinski definition) is 0. The zero-order valence-corrected chi connectivity index (χ0v) is 17.1. The van der Waals surface area contributed by atoms with Crippen molar-refractivity contribution in [2.75, 3.05) is 21.2 Å². The number of thiazole rings is 1. The molecule has 2 heterocycles. The molecule has 0 bridgehead atoms. The predicted molar refractivity (Wildman–Crippen MR) is 117 cm³/mol. The summed E-state index contributed by atoms with van der Waals surface area (Å²) in [5.41, 5.74) is 3.03. The molecule has 29 heavy (non-hydrogen) atoms. The normalized spacial score (nSPS) is 11.3. The molecule has 0 saturated carbocycles. The van der Waals surface area contributed by atoms with Gasteiger partial charge in [0.1, 0.15) is 21.9 Å². The van der Waals surface area contributed by atoms with E-state index in [9.17, 15) is 4.79 Å². The van der Waals surface area contributed by atoms with Gasteiger partial charge >= 0.3 is 0 Å². The molecule has 0 spiro atoms. The first kappa shape index (κ1) is 18.9. The highest BCUT2D eigenvalue weighted by Crippen LogP contribution is 2.44. The van der Waals surface area contributed by atoms with E-state index in [1.54, 1.807) is 13.4 Å². The zero-order valence-electron chi connectivity index (χ0n) is 16.2. The number of carbonyl (C=O) groups excluding carboxylic acids is 1. The fourth-order valence-corrected chi connectivity index (χ4v) is 3.76. The van der Waals surface area contributed by atoms with Crippen LogP contribution in [-0.2, 0) is 0 Å². The van der Waals surface area contributed by atoms with Gasteiger partial charge in [0.25, 0.3) is 0 Å². The summed E-state index contributed by atoms with van der Waals surface area (Å²) in [6.07, 6.45) is 2.45. The minimum atomic E-state index is 0.471. The molecule has 4 aromatic rings. The maximum absolute atomic E-state index is 11.8. The molecule has 4 rings (SSSR count). The van der Waals surface area contributed by atoms with Crippen molar-refractivity contribution in [3.63, 3.8) is 0 Å². The number of aldehydes is 1. The van der Waals surface area contributed by atoms with Crippen LogP contribution in [-0.4, -0.2) is 43.7 Å². The number of methoxy groups -OCH3 is 1. The Bertz CT molecular complexity index is 1190. The molecule has 0 fully saturated rings. The molecule has 0 atom stereocenters. The van der Waals surface area contributed by atoms with Gasteiger partial charge in [-0.2, -0.15) is 0 Å². The molecule has 0 radical (unpaired) electrons. The average molecular weight is 405 g/mol. The Morgan fingerprint density at radius 3 is 2.66 bits per heavy atom. The van der Waals surface area contributed by atoms with Crippen molar-refractivity contribution in [3.05, 3.63) is 53.4 Å². The third kappa shape index (κ3) is 3.64. The monoisotopic (exact) mass is 405 g/mol. The first-order valence-corrected chi connectivity index (χ1v) is 9.75. The van der Waals surface area contributed by atoms with Crippen molar-refractivity contribution in [2.45, 2.75) is 0 Å². The highest BCUT2D eigenvalue weighted by molar-refractivity contribution is 7.17. The Morgan fingerprint density at radius 1 is 1.17 bits per heavy atom. The van der Waals surface area contributed by atoms with Crippen molar-refractivity contribution in [1.29, 1.82) is 0 Å². The molecule has 0 aliphatic heterocycles. The maximum atomic E-state index is 11.8. The molecule has 0 aliphatic carbocycles. The minimum Gasteiger partial charge on any atom is -0.497 e. The van der Waals surface area contributed by atoms with Crippen LogP contribution in [0.25, 0.3) is 33.6 Å². The lowest BCUT2D eigenvalue weighted by molar-refractivity contribution is 0.112. The van der Waals surface area contributed by atoms with Crippen LogP contribution < -0.4 is 4.74 Å². The quantitative estimate of drug-likeness (QED) is 0.248. The molecule has 2 aromatic carbocycles. The summed E-state index contributed by atoms with van der Waals surface area (Å²) in [5, 5.41) is 1.39. The van der Waals surface area contributed by atoms with Gasteiger partial charge in [0, 0.05) is 25.0 Å². The van der Waals surface area contributed by atoms with E-state index in [0.717, 1.165) is 28.5 Å². The average Bonchev–Trinajstić information content (AvgIpc) is 3.33. The fraction of sp³-hybridized carbons (Fsp3) is 0.136. The third-order valence-corrected chi connectivity index (χ3v) is 5.21. The topological polar surface area (TPSA) is 67.9 Å². The van der Waals surface area contributed by atoms with Gasteiger partial charge in [-0.1, -0.05) is 41.7 Å². The molecular formula is C22H19N3O3S. The predicted octanol–water partition coefficient (Wildman–Crippen LogP) is 5.27. The van der Waals surface area contributed by atoms with Gasteiger partial charge in [0.05, 0.1) is 13.4 Å². The van der Waals surface area contributed by atoms with Gasteiger partial charge in [0.2, 0.25) is 5.13 Å². The lowest BCUT2D eigenvalue weighted by Gasteiger charge is -2.03. The molecule has 0 saturated heterocycles. The lowest BCUT2D eigenvalue weighted by atomic mass is 10.0. The number of furan rings is 1. The van der Waals surface area contributed by atoms with E-state index >= 15 is 0 Å². The van der Waals surface area contributed by atoms with Crippen molar-refractivity contribution >= 4 is 40.1 Å². The van der Waals surface area contributed by atoms with Gasteiger partial charge in [0.15, 0.2) is 12.0 Å². The van der Waals surface area contributed by atoms with Gasteiger partial charge in [-0.25, -0.2) is 9.98 Å². The number of aromatic nitrogens is 1. The van der Waals surface area contributed by atoms with Gasteiger partial charge in [-0.15, -0.1) is 0 Å². The van der Waals surface area contributed by atoms with E-state index in [1.807, 2.05) is 67.5 Å². The van der Waals surface area contributed by atoms with Gasteiger partial charge in [-0.05, 0) is 23.8 Å².